The molecule has 0 fully saturated rings. The summed E-state index contributed by atoms with van der Waals surface area (Å²) in [7, 11) is 3.71. The first kappa shape index (κ1) is 40.4. The molecule has 4 aromatic carbocycles. The highest BCUT2D eigenvalue weighted by Crippen LogP contribution is 2.59. The Labute approximate surface area is 334 Å². The molecule has 292 valence electrons. The normalized spacial score (nSPS) is 18.4. The predicted octanol–water partition coefficient (Wildman–Crippen LogP) is 6.54. The van der Waals surface area contributed by atoms with Crippen LogP contribution in [0.1, 0.15) is 37.8 Å². The number of fused-ring (bicyclic) bond motifs is 2. The van der Waals surface area contributed by atoms with E-state index >= 15 is 0 Å². The molecule has 2 amide bonds. The molecule has 2 heterocycles. The zero-order valence-electron chi connectivity index (χ0n) is 31.6. The molecule has 0 aromatic heterocycles. The Kier molecular flexibility index (Phi) is 13.1. The molecule has 2 unspecified atom stereocenters. The van der Waals surface area contributed by atoms with E-state index < -0.39 is 22.1 Å². The number of rotatable bonds is 16. The second-order valence-corrected chi connectivity index (χ2v) is 15.2. The summed E-state index contributed by atoms with van der Waals surface area (Å²) in [6.45, 7) is 5.00. The summed E-state index contributed by atoms with van der Waals surface area (Å²) < 4.78 is 24.9. The minimum atomic E-state index is -1.72. The lowest BCUT2D eigenvalue weighted by Gasteiger charge is -2.37. The lowest BCUT2D eigenvalue weighted by atomic mass is 10.1. The van der Waals surface area contributed by atoms with Crippen LogP contribution in [0.15, 0.2) is 119 Å². The van der Waals surface area contributed by atoms with Gasteiger partial charge in [0, 0.05) is 35.8 Å². The highest BCUT2D eigenvalue weighted by Gasteiger charge is 2.55. The van der Waals surface area contributed by atoms with Crippen LogP contribution in [0.5, 0.6) is 11.5 Å². The van der Waals surface area contributed by atoms with Gasteiger partial charge < -0.3 is 29.6 Å². The number of hydrogen-bond donors (Lipinski definition) is 2. The van der Waals surface area contributed by atoms with E-state index in [9.17, 15) is 19.2 Å². The van der Waals surface area contributed by atoms with Crippen molar-refractivity contribution in [3.05, 3.63) is 120 Å². The minimum Gasteiger partial charge on any atom is -0.493 e. The summed E-state index contributed by atoms with van der Waals surface area (Å²) in [6.07, 6.45) is 3.35. The highest BCUT2D eigenvalue weighted by molar-refractivity contribution is 8.01. The van der Waals surface area contributed by atoms with Crippen molar-refractivity contribution in [1.82, 2.24) is 10.6 Å². The lowest BCUT2D eigenvalue weighted by Crippen LogP contribution is -2.47. The second kappa shape index (κ2) is 18.1. The Morgan fingerprint density at radius 3 is 1.36 bits per heavy atom. The van der Waals surface area contributed by atoms with Crippen LogP contribution in [-0.2, 0) is 38.8 Å². The standard InChI is InChI=1S/C42H44N4O8S2/c1-29(47)45-33-17-7-11-21-37(33)55-41(45,31-15-5-9-19-35(31)51-27-13-25-43-3)53-39(49)23-24-40(50)54-42(32-16-6-10-20-36(32)52-28-14-26-44-4)46(30(2)48)34-18-8-12-22-38(34)56-42/h5-12,15-24,43-44H,13-14,25-28H2,1-4H3/b24-23+. The van der Waals surface area contributed by atoms with E-state index in [1.807, 2.05) is 38.4 Å². The summed E-state index contributed by atoms with van der Waals surface area (Å²) >= 11 is 2.36. The Morgan fingerprint density at radius 1 is 0.589 bits per heavy atom. The molecule has 2 aliphatic heterocycles. The first-order valence-electron chi connectivity index (χ1n) is 18.2. The van der Waals surface area contributed by atoms with Crippen molar-refractivity contribution < 1.29 is 38.1 Å². The van der Waals surface area contributed by atoms with Crippen molar-refractivity contribution in [2.24, 2.45) is 0 Å². The van der Waals surface area contributed by atoms with Gasteiger partial charge in [0.2, 0.25) is 11.8 Å². The molecular formula is C42H44N4O8S2. The maximum atomic E-state index is 14.0. The van der Waals surface area contributed by atoms with E-state index in [4.69, 9.17) is 18.9 Å². The number of amides is 2. The Balaban J connectivity index is 1.34. The van der Waals surface area contributed by atoms with Gasteiger partial charge in [-0.15, -0.1) is 0 Å². The third-order valence-electron chi connectivity index (χ3n) is 8.87. The molecule has 6 rings (SSSR count). The molecule has 0 saturated heterocycles. The summed E-state index contributed by atoms with van der Waals surface area (Å²) in [5.41, 5.74) is 1.99. The molecule has 0 spiro atoms. The monoisotopic (exact) mass is 796 g/mol. The van der Waals surface area contributed by atoms with Gasteiger partial charge in [-0.2, -0.15) is 0 Å². The SMILES string of the molecule is CNCCCOc1ccccc1C1(OC(=O)/C=C/C(=O)OC2(c3ccccc3OCCCNC)Sc3ccccc3N2C(C)=O)Sc2ccccc2N1C(C)=O. The number of esters is 2. The predicted molar refractivity (Wildman–Crippen MR) is 217 cm³/mol. The van der Waals surface area contributed by atoms with Gasteiger partial charge in [0.1, 0.15) is 11.5 Å². The van der Waals surface area contributed by atoms with Crippen LogP contribution in [0.2, 0.25) is 0 Å². The summed E-state index contributed by atoms with van der Waals surface area (Å²) in [4.78, 5) is 59.1. The van der Waals surface area contributed by atoms with Crippen molar-refractivity contribution in [2.75, 3.05) is 50.2 Å². The Bertz CT molecular complexity index is 1970. The van der Waals surface area contributed by atoms with Crippen LogP contribution < -0.4 is 29.9 Å². The number of nitrogens with one attached hydrogen (secondary N) is 2. The van der Waals surface area contributed by atoms with E-state index in [-0.39, 0.29) is 11.8 Å². The van der Waals surface area contributed by atoms with Gasteiger partial charge >= 0.3 is 11.9 Å². The van der Waals surface area contributed by atoms with Gasteiger partial charge in [0.05, 0.1) is 35.7 Å². The van der Waals surface area contributed by atoms with Crippen molar-refractivity contribution in [3.63, 3.8) is 0 Å². The summed E-state index contributed by atoms with van der Waals surface area (Å²) in [5, 5.41) is 2.75. The highest BCUT2D eigenvalue weighted by atomic mass is 32.2. The zero-order chi connectivity index (χ0) is 39.7. The zero-order valence-corrected chi connectivity index (χ0v) is 33.2. The van der Waals surface area contributed by atoms with Crippen LogP contribution in [0.25, 0.3) is 0 Å². The maximum absolute atomic E-state index is 14.0. The van der Waals surface area contributed by atoms with Gasteiger partial charge in [-0.3, -0.25) is 19.4 Å². The molecule has 0 radical (unpaired) electrons. The third-order valence-corrected chi connectivity index (χ3v) is 11.5. The molecule has 2 atom stereocenters. The van der Waals surface area contributed by atoms with Crippen LogP contribution in [0, 0.1) is 0 Å². The molecule has 56 heavy (non-hydrogen) atoms. The number of carbonyl (C=O) groups is 4. The molecule has 2 N–H and O–H groups in total. The first-order chi connectivity index (χ1) is 27.1. The first-order valence-corrected chi connectivity index (χ1v) is 19.8. The quantitative estimate of drug-likeness (QED) is 0.0724. The summed E-state index contributed by atoms with van der Waals surface area (Å²) in [6, 6.07) is 28.7. The summed E-state index contributed by atoms with van der Waals surface area (Å²) in [5.74, 6) is -1.73. The largest absolute Gasteiger partial charge is 0.493 e. The Morgan fingerprint density at radius 2 is 0.964 bits per heavy atom. The third kappa shape index (κ3) is 8.28. The molecule has 0 aliphatic carbocycles. The van der Waals surface area contributed by atoms with E-state index in [1.165, 1.54) is 47.2 Å². The number of para-hydroxylation sites is 4. The van der Waals surface area contributed by atoms with Gasteiger partial charge in [0.25, 0.3) is 10.1 Å². The number of nitrogens with zero attached hydrogens (tertiary/aromatic N) is 2. The van der Waals surface area contributed by atoms with Crippen LogP contribution >= 0.6 is 23.5 Å². The van der Waals surface area contributed by atoms with Crippen molar-refractivity contribution in [2.45, 2.75) is 46.6 Å². The van der Waals surface area contributed by atoms with Gasteiger partial charge in [0.15, 0.2) is 0 Å². The molecule has 2 aliphatic rings. The van der Waals surface area contributed by atoms with Crippen molar-refractivity contribution >= 4 is 58.7 Å². The van der Waals surface area contributed by atoms with Crippen molar-refractivity contribution in [3.8, 4) is 11.5 Å². The number of ether oxygens (including phenoxy) is 4. The van der Waals surface area contributed by atoms with Crippen molar-refractivity contribution in [1.29, 1.82) is 0 Å². The average molecular weight is 797 g/mol. The molecule has 0 saturated carbocycles. The molecular weight excluding hydrogens is 753 g/mol. The second-order valence-electron chi connectivity index (χ2n) is 12.8. The number of benzene rings is 4. The van der Waals surface area contributed by atoms with Crippen LogP contribution in [-0.4, -0.2) is 64.2 Å². The van der Waals surface area contributed by atoms with E-state index in [0.29, 0.717) is 69.8 Å². The van der Waals surface area contributed by atoms with E-state index in [0.717, 1.165) is 25.2 Å². The number of anilines is 2. The number of thioether (sulfide) groups is 2. The number of carbonyl (C=O) groups excluding carboxylic acids is 4. The van der Waals surface area contributed by atoms with E-state index in [2.05, 4.69) is 10.6 Å². The van der Waals surface area contributed by atoms with Gasteiger partial charge in [-0.1, -0.05) is 48.5 Å². The van der Waals surface area contributed by atoms with E-state index in [1.54, 1.807) is 72.8 Å². The van der Waals surface area contributed by atoms with Crippen LogP contribution in [0.4, 0.5) is 11.4 Å². The number of hydrogen-bond acceptors (Lipinski definition) is 12. The fourth-order valence-electron chi connectivity index (χ4n) is 6.56. The lowest BCUT2D eigenvalue weighted by molar-refractivity contribution is -0.150. The maximum Gasteiger partial charge on any atom is 0.334 e. The van der Waals surface area contributed by atoms with Gasteiger partial charge in [-0.05, 0) is 112 Å². The minimum absolute atomic E-state index is 0.371. The average Bonchev–Trinajstić information content (AvgIpc) is 3.71. The molecule has 4 aromatic rings. The topological polar surface area (TPSA) is 136 Å². The smallest absolute Gasteiger partial charge is 0.334 e. The molecule has 0 bridgehead atoms. The Hall–Kier alpha value is -5.28. The van der Waals surface area contributed by atoms with Gasteiger partial charge in [-0.25, -0.2) is 9.59 Å². The molecule has 12 nitrogen and oxygen atoms in total. The fourth-order valence-corrected chi connectivity index (χ4v) is 9.41. The van der Waals surface area contributed by atoms with Crippen LogP contribution in [0.3, 0.4) is 0 Å². The molecule has 14 heteroatoms. The fraction of sp³-hybridized carbons (Fsp3) is 0.286.